The molecule has 2 aromatic heterocycles. The van der Waals surface area contributed by atoms with Crippen molar-refractivity contribution in [3.8, 4) is 17.2 Å². The van der Waals surface area contributed by atoms with Gasteiger partial charge in [0, 0.05) is 18.9 Å². The quantitative estimate of drug-likeness (QED) is 0.438. The Kier molecular flexibility index (Phi) is 6.69. The first kappa shape index (κ1) is 22.1. The number of rotatable bonds is 8. The third kappa shape index (κ3) is 5.03. The van der Waals surface area contributed by atoms with Gasteiger partial charge in [0.15, 0.2) is 11.5 Å². The minimum Gasteiger partial charge on any atom is -0.493 e. The lowest BCUT2D eigenvalue weighted by atomic mass is 10.1. The molecular weight excluding hydrogens is 416 g/mol. The van der Waals surface area contributed by atoms with Crippen LogP contribution in [0.2, 0.25) is 0 Å². The zero-order valence-corrected chi connectivity index (χ0v) is 18.9. The largest absolute Gasteiger partial charge is 0.493 e. The van der Waals surface area contributed by atoms with Crippen LogP contribution < -0.4 is 14.8 Å². The van der Waals surface area contributed by atoms with Crippen LogP contribution in [-0.4, -0.2) is 27.8 Å². The number of aromatic nitrogens is 3. The second-order valence-electron chi connectivity index (χ2n) is 7.65. The van der Waals surface area contributed by atoms with Gasteiger partial charge >= 0.3 is 0 Å². The molecule has 0 radical (unpaired) electrons. The van der Waals surface area contributed by atoms with Gasteiger partial charge in [0.05, 0.1) is 30.3 Å². The third-order valence-electron chi connectivity index (χ3n) is 5.42. The maximum absolute atomic E-state index is 12.8. The van der Waals surface area contributed by atoms with E-state index < -0.39 is 0 Å². The van der Waals surface area contributed by atoms with Crippen LogP contribution in [0.1, 0.15) is 32.7 Å². The summed E-state index contributed by atoms with van der Waals surface area (Å²) in [5, 5.41) is 7.39. The summed E-state index contributed by atoms with van der Waals surface area (Å²) in [5.41, 5.74) is 5.31. The summed E-state index contributed by atoms with van der Waals surface area (Å²) < 4.78 is 13.2. The minimum absolute atomic E-state index is 0.177. The maximum Gasteiger partial charge on any atom is 0.255 e. The van der Waals surface area contributed by atoms with Crippen LogP contribution in [-0.2, 0) is 13.2 Å². The highest BCUT2D eigenvalue weighted by molar-refractivity contribution is 5.95. The van der Waals surface area contributed by atoms with Crippen molar-refractivity contribution in [2.45, 2.75) is 27.0 Å². The first-order valence-corrected chi connectivity index (χ1v) is 10.6. The van der Waals surface area contributed by atoms with Gasteiger partial charge in [-0.05, 0) is 60.9 Å². The van der Waals surface area contributed by atoms with Crippen molar-refractivity contribution in [1.82, 2.24) is 20.1 Å². The van der Waals surface area contributed by atoms with Crippen LogP contribution in [0.15, 0.2) is 73.2 Å². The summed E-state index contributed by atoms with van der Waals surface area (Å²) in [7, 11) is 1.60. The van der Waals surface area contributed by atoms with E-state index in [-0.39, 0.29) is 5.91 Å². The first-order chi connectivity index (χ1) is 16.1. The van der Waals surface area contributed by atoms with Gasteiger partial charge in [0.2, 0.25) is 0 Å². The first-order valence-electron chi connectivity index (χ1n) is 10.6. The van der Waals surface area contributed by atoms with Crippen molar-refractivity contribution in [1.29, 1.82) is 0 Å². The lowest BCUT2D eigenvalue weighted by Gasteiger charge is -2.13. The molecule has 0 unspecified atom stereocenters. The predicted octanol–water partition coefficient (Wildman–Crippen LogP) is 4.40. The van der Waals surface area contributed by atoms with Crippen LogP contribution in [0, 0.1) is 13.8 Å². The number of methoxy groups -OCH3 is 1. The summed E-state index contributed by atoms with van der Waals surface area (Å²) in [6.45, 7) is 4.69. The highest BCUT2D eigenvalue weighted by atomic mass is 16.5. The number of benzene rings is 2. The molecule has 0 spiro atoms. The fourth-order valence-electron chi connectivity index (χ4n) is 3.54. The van der Waals surface area contributed by atoms with Gasteiger partial charge in [-0.15, -0.1) is 0 Å². The Balaban J connectivity index is 1.42. The number of carbonyl (C=O) groups excluding carboxylic acids is 1. The monoisotopic (exact) mass is 442 g/mol. The van der Waals surface area contributed by atoms with Gasteiger partial charge in [-0.1, -0.05) is 24.3 Å². The average molecular weight is 443 g/mol. The molecule has 2 aromatic carbocycles. The van der Waals surface area contributed by atoms with E-state index in [0.717, 1.165) is 28.1 Å². The van der Waals surface area contributed by atoms with Gasteiger partial charge in [-0.3, -0.25) is 9.78 Å². The van der Waals surface area contributed by atoms with E-state index in [1.54, 1.807) is 30.4 Å². The molecule has 0 aliphatic carbocycles. The SMILES string of the molecule is COc1cc(CNC(=O)c2cnn(-c3ccccc3C)c2C)ccc1OCc1ccncc1. The summed E-state index contributed by atoms with van der Waals surface area (Å²) in [6, 6.07) is 17.4. The number of nitrogens with one attached hydrogen (secondary N) is 1. The number of ether oxygens (including phenoxy) is 2. The molecule has 0 saturated carbocycles. The van der Waals surface area contributed by atoms with E-state index in [2.05, 4.69) is 15.4 Å². The van der Waals surface area contributed by atoms with Crippen LogP contribution in [0.25, 0.3) is 5.69 Å². The van der Waals surface area contributed by atoms with Crippen molar-refractivity contribution in [2.75, 3.05) is 7.11 Å². The fraction of sp³-hybridized carbons (Fsp3) is 0.192. The molecule has 4 rings (SSSR count). The van der Waals surface area contributed by atoms with E-state index in [1.807, 2.05) is 68.4 Å². The molecule has 33 heavy (non-hydrogen) atoms. The molecule has 0 aliphatic heterocycles. The van der Waals surface area contributed by atoms with E-state index in [4.69, 9.17) is 9.47 Å². The number of carbonyl (C=O) groups is 1. The van der Waals surface area contributed by atoms with Crippen LogP contribution >= 0.6 is 0 Å². The summed E-state index contributed by atoms with van der Waals surface area (Å²) >= 11 is 0. The molecule has 1 amide bonds. The molecule has 7 nitrogen and oxygen atoms in total. The molecule has 7 heteroatoms. The molecular formula is C26H26N4O3. The standard InChI is InChI=1S/C26H26N4O3/c1-18-6-4-5-7-23(18)30-19(2)22(16-29-30)26(31)28-15-21-8-9-24(25(14-21)32-3)33-17-20-10-12-27-13-11-20/h4-14,16H,15,17H2,1-3H3,(H,28,31). The Morgan fingerprint density at radius 2 is 1.79 bits per heavy atom. The lowest BCUT2D eigenvalue weighted by molar-refractivity contribution is 0.0950. The molecule has 2 heterocycles. The summed E-state index contributed by atoms with van der Waals surface area (Å²) in [4.78, 5) is 16.8. The zero-order chi connectivity index (χ0) is 23.2. The molecule has 0 atom stereocenters. The van der Waals surface area contributed by atoms with Gasteiger partial charge in [0.1, 0.15) is 6.61 Å². The molecule has 0 aliphatic rings. The smallest absolute Gasteiger partial charge is 0.255 e. The topological polar surface area (TPSA) is 78.3 Å². The van der Waals surface area contributed by atoms with Crippen molar-refractivity contribution < 1.29 is 14.3 Å². The zero-order valence-electron chi connectivity index (χ0n) is 18.9. The molecule has 0 fully saturated rings. The number of aryl methyl sites for hydroxylation is 1. The second kappa shape index (κ2) is 9.99. The molecule has 4 aromatic rings. The number of amides is 1. The van der Waals surface area contributed by atoms with E-state index in [0.29, 0.717) is 30.2 Å². The van der Waals surface area contributed by atoms with E-state index in [9.17, 15) is 4.79 Å². The Hall–Kier alpha value is -4.13. The molecule has 1 N–H and O–H groups in total. The molecule has 0 bridgehead atoms. The van der Waals surface area contributed by atoms with Crippen molar-refractivity contribution >= 4 is 5.91 Å². The van der Waals surface area contributed by atoms with Gasteiger partial charge in [0.25, 0.3) is 5.91 Å². The summed E-state index contributed by atoms with van der Waals surface area (Å²) in [6.07, 6.45) is 5.07. The van der Waals surface area contributed by atoms with Gasteiger partial charge in [-0.25, -0.2) is 4.68 Å². The maximum atomic E-state index is 12.8. The number of nitrogens with zero attached hydrogens (tertiary/aromatic N) is 3. The van der Waals surface area contributed by atoms with Crippen molar-refractivity contribution in [3.63, 3.8) is 0 Å². The van der Waals surface area contributed by atoms with Crippen molar-refractivity contribution in [2.24, 2.45) is 0 Å². The third-order valence-corrected chi connectivity index (χ3v) is 5.42. The Bertz CT molecular complexity index is 1250. The van der Waals surface area contributed by atoms with Gasteiger partial charge in [-0.2, -0.15) is 5.10 Å². The molecule has 168 valence electrons. The van der Waals surface area contributed by atoms with E-state index in [1.165, 1.54) is 0 Å². The Labute approximate surface area is 193 Å². The highest BCUT2D eigenvalue weighted by Gasteiger charge is 2.16. The second-order valence-corrected chi connectivity index (χ2v) is 7.65. The minimum atomic E-state index is -0.177. The van der Waals surface area contributed by atoms with E-state index >= 15 is 0 Å². The van der Waals surface area contributed by atoms with Crippen LogP contribution in [0.5, 0.6) is 11.5 Å². The average Bonchev–Trinajstić information content (AvgIpc) is 3.23. The van der Waals surface area contributed by atoms with Crippen LogP contribution in [0.3, 0.4) is 0 Å². The number of hydrogen-bond donors (Lipinski definition) is 1. The van der Waals surface area contributed by atoms with Crippen molar-refractivity contribution in [3.05, 3.63) is 101 Å². The van der Waals surface area contributed by atoms with Crippen LogP contribution in [0.4, 0.5) is 0 Å². The molecule has 0 saturated heterocycles. The predicted molar refractivity (Wildman–Crippen MR) is 126 cm³/mol. The Morgan fingerprint density at radius 1 is 1.00 bits per heavy atom. The number of pyridine rings is 1. The normalized spacial score (nSPS) is 10.6. The number of hydrogen-bond acceptors (Lipinski definition) is 5. The van der Waals surface area contributed by atoms with Gasteiger partial charge < -0.3 is 14.8 Å². The fourth-order valence-corrected chi connectivity index (χ4v) is 3.54. The Morgan fingerprint density at radius 3 is 2.55 bits per heavy atom. The summed E-state index contributed by atoms with van der Waals surface area (Å²) in [5.74, 6) is 1.07. The highest BCUT2D eigenvalue weighted by Crippen LogP contribution is 2.29. The lowest BCUT2D eigenvalue weighted by Crippen LogP contribution is -2.23. The number of para-hydroxylation sites is 1.